The van der Waals surface area contributed by atoms with Gasteiger partial charge in [-0.3, -0.25) is 4.79 Å². The second-order valence-electron chi connectivity index (χ2n) is 5.13. The molecule has 0 radical (unpaired) electrons. The maximum absolute atomic E-state index is 12.1. The molecule has 0 saturated carbocycles. The van der Waals surface area contributed by atoms with Gasteiger partial charge in [-0.05, 0) is 37.6 Å². The van der Waals surface area contributed by atoms with E-state index in [1.54, 1.807) is 18.2 Å². The van der Waals surface area contributed by atoms with Gasteiger partial charge in [0.05, 0.1) is 15.6 Å². The standard InChI is InChI=1S/C18H20Cl2N2O/c1-2-22(14-8-4-3-5-9-14)13-7-12-21-18(23)15-10-6-11-16(19)17(15)20/h3-6,8-11H,2,7,12-13H2,1H3,(H,21,23). The average Bonchev–Trinajstić information content (AvgIpc) is 2.58. The third-order valence-corrected chi connectivity index (χ3v) is 4.41. The van der Waals surface area contributed by atoms with Crippen molar-refractivity contribution in [3.63, 3.8) is 0 Å². The van der Waals surface area contributed by atoms with Crippen molar-refractivity contribution < 1.29 is 4.79 Å². The van der Waals surface area contributed by atoms with E-state index < -0.39 is 0 Å². The first-order valence-electron chi connectivity index (χ1n) is 7.65. The summed E-state index contributed by atoms with van der Waals surface area (Å²) in [6, 6.07) is 15.3. The van der Waals surface area contributed by atoms with Gasteiger partial charge in [0.15, 0.2) is 0 Å². The van der Waals surface area contributed by atoms with Crippen LogP contribution < -0.4 is 10.2 Å². The predicted molar refractivity (Wildman–Crippen MR) is 97.7 cm³/mol. The number of anilines is 1. The zero-order valence-corrected chi connectivity index (χ0v) is 14.6. The monoisotopic (exact) mass is 350 g/mol. The maximum Gasteiger partial charge on any atom is 0.252 e. The zero-order chi connectivity index (χ0) is 16.7. The number of rotatable bonds is 7. The van der Waals surface area contributed by atoms with Crippen LogP contribution in [0.15, 0.2) is 48.5 Å². The molecule has 2 aromatic rings. The Bertz CT molecular complexity index is 647. The second kappa shape index (κ2) is 8.80. The molecule has 5 heteroatoms. The summed E-state index contributed by atoms with van der Waals surface area (Å²) in [6.45, 7) is 4.52. The minimum absolute atomic E-state index is 0.194. The molecule has 0 fully saturated rings. The molecule has 0 aromatic heterocycles. The SMILES string of the molecule is CCN(CCCNC(=O)c1cccc(Cl)c1Cl)c1ccccc1. The molecule has 2 aromatic carbocycles. The van der Waals surface area contributed by atoms with Crippen LogP contribution in [0, 0.1) is 0 Å². The lowest BCUT2D eigenvalue weighted by Crippen LogP contribution is -2.30. The summed E-state index contributed by atoms with van der Waals surface area (Å²) >= 11 is 12.0. The largest absolute Gasteiger partial charge is 0.372 e. The highest BCUT2D eigenvalue weighted by molar-refractivity contribution is 6.43. The predicted octanol–water partition coefficient (Wildman–Crippen LogP) is 4.64. The fourth-order valence-corrected chi connectivity index (χ4v) is 2.74. The molecule has 2 rings (SSSR count). The van der Waals surface area contributed by atoms with Gasteiger partial charge < -0.3 is 10.2 Å². The molecule has 0 aliphatic rings. The molecule has 0 unspecified atom stereocenters. The summed E-state index contributed by atoms with van der Waals surface area (Å²) in [5.74, 6) is -0.194. The lowest BCUT2D eigenvalue weighted by molar-refractivity contribution is 0.0953. The zero-order valence-electron chi connectivity index (χ0n) is 13.1. The van der Waals surface area contributed by atoms with Crippen molar-refractivity contribution in [1.82, 2.24) is 5.32 Å². The Hall–Kier alpha value is -1.71. The molecule has 0 atom stereocenters. The van der Waals surface area contributed by atoms with Gasteiger partial charge in [0.2, 0.25) is 0 Å². The van der Waals surface area contributed by atoms with Crippen molar-refractivity contribution in [2.45, 2.75) is 13.3 Å². The van der Waals surface area contributed by atoms with E-state index >= 15 is 0 Å². The molecule has 0 aliphatic carbocycles. The molecule has 23 heavy (non-hydrogen) atoms. The first kappa shape index (κ1) is 17.6. The summed E-state index contributed by atoms with van der Waals surface area (Å²) in [4.78, 5) is 14.4. The third-order valence-electron chi connectivity index (χ3n) is 3.59. The Balaban J connectivity index is 1.83. The third kappa shape index (κ3) is 4.88. The van der Waals surface area contributed by atoms with Crippen molar-refractivity contribution in [3.05, 3.63) is 64.1 Å². The number of amides is 1. The molecule has 1 N–H and O–H groups in total. The molecule has 3 nitrogen and oxygen atoms in total. The topological polar surface area (TPSA) is 32.3 Å². The highest BCUT2D eigenvalue weighted by Crippen LogP contribution is 2.25. The van der Waals surface area contributed by atoms with E-state index in [1.165, 1.54) is 5.69 Å². The summed E-state index contributed by atoms with van der Waals surface area (Å²) in [7, 11) is 0. The van der Waals surface area contributed by atoms with Crippen LogP contribution in [0.3, 0.4) is 0 Å². The average molecular weight is 351 g/mol. The molecule has 0 saturated heterocycles. The number of para-hydroxylation sites is 1. The minimum atomic E-state index is -0.194. The first-order valence-corrected chi connectivity index (χ1v) is 8.41. The molecule has 0 bridgehead atoms. The minimum Gasteiger partial charge on any atom is -0.372 e. The summed E-state index contributed by atoms with van der Waals surface area (Å²) in [5, 5.41) is 3.58. The molecule has 1 amide bonds. The molecule has 122 valence electrons. The highest BCUT2D eigenvalue weighted by atomic mass is 35.5. The van der Waals surface area contributed by atoms with Gasteiger partial charge in [-0.15, -0.1) is 0 Å². The van der Waals surface area contributed by atoms with E-state index in [0.29, 0.717) is 22.2 Å². The summed E-state index contributed by atoms with van der Waals surface area (Å²) in [6.07, 6.45) is 0.854. The normalized spacial score (nSPS) is 10.4. The Kier molecular flexibility index (Phi) is 6.75. The van der Waals surface area contributed by atoms with Crippen LogP contribution in [-0.4, -0.2) is 25.5 Å². The van der Waals surface area contributed by atoms with Gasteiger partial charge in [0.1, 0.15) is 0 Å². The van der Waals surface area contributed by atoms with Gasteiger partial charge in [-0.1, -0.05) is 47.5 Å². The number of benzene rings is 2. The number of halogens is 2. The van der Waals surface area contributed by atoms with Crippen LogP contribution in [0.1, 0.15) is 23.7 Å². The van der Waals surface area contributed by atoms with E-state index in [1.807, 2.05) is 18.2 Å². The van der Waals surface area contributed by atoms with Crippen LogP contribution in [0.2, 0.25) is 10.0 Å². The number of carbonyl (C=O) groups excluding carboxylic acids is 1. The van der Waals surface area contributed by atoms with Crippen LogP contribution in [0.25, 0.3) is 0 Å². The number of nitrogens with zero attached hydrogens (tertiary/aromatic N) is 1. The van der Waals surface area contributed by atoms with Crippen molar-refractivity contribution >= 4 is 34.8 Å². The Morgan fingerprint density at radius 2 is 1.83 bits per heavy atom. The van der Waals surface area contributed by atoms with Gasteiger partial charge in [0.25, 0.3) is 5.91 Å². The van der Waals surface area contributed by atoms with Crippen molar-refractivity contribution in [3.8, 4) is 0 Å². The lowest BCUT2D eigenvalue weighted by atomic mass is 10.2. The van der Waals surface area contributed by atoms with E-state index in [-0.39, 0.29) is 5.91 Å². The van der Waals surface area contributed by atoms with Gasteiger partial charge in [-0.25, -0.2) is 0 Å². The molecule has 0 heterocycles. The van der Waals surface area contributed by atoms with Gasteiger partial charge in [-0.2, -0.15) is 0 Å². The van der Waals surface area contributed by atoms with Crippen LogP contribution >= 0.6 is 23.2 Å². The molecule has 0 aliphatic heterocycles. The molecular weight excluding hydrogens is 331 g/mol. The number of hydrogen-bond donors (Lipinski definition) is 1. The fourth-order valence-electron chi connectivity index (χ4n) is 2.35. The van der Waals surface area contributed by atoms with E-state index in [4.69, 9.17) is 23.2 Å². The number of carbonyl (C=O) groups is 1. The van der Waals surface area contributed by atoms with E-state index in [9.17, 15) is 4.79 Å². The first-order chi connectivity index (χ1) is 11.1. The molecular formula is C18H20Cl2N2O. The van der Waals surface area contributed by atoms with Crippen LogP contribution in [0.4, 0.5) is 5.69 Å². The Morgan fingerprint density at radius 3 is 2.52 bits per heavy atom. The van der Waals surface area contributed by atoms with Crippen LogP contribution in [-0.2, 0) is 0 Å². The fraction of sp³-hybridized carbons (Fsp3) is 0.278. The van der Waals surface area contributed by atoms with Gasteiger partial charge >= 0.3 is 0 Å². The Labute approximate surface area is 147 Å². The number of hydrogen-bond acceptors (Lipinski definition) is 2. The smallest absolute Gasteiger partial charge is 0.252 e. The summed E-state index contributed by atoms with van der Waals surface area (Å²) < 4.78 is 0. The van der Waals surface area contributed by atoms with E-state index in [0.717, 1.165) is 19.5 Å². The maximum atomic E-state index is 12.1. The quantitative estimate of drug-likeness (QED) is 0.737. The Morgan fingerprint density at radius 1 is 1.09 bits per heavy atom. The number of nitrogens with one attached hydrogen (secondary N) is 1. The second-order valence-corrected chi connectivity index (χ2v) is 5.91. The van der Waals surface area contributed by atoms with Crippen molar-refractivity contribution in [2.75, 3.05) is 24.5 Å². The lowest BCUT2D eigenvalue weighted by Gasteiger charge is -2.23. The van der Waals surface area contributed by atoms with Gasteiger partial charge in [0, 0.05) is 25.3 Å². The van der Waals surface area contributed by atoms with Crippen molar-refractivity contribution in [1.29, 1.82) is 0 Å². The van der Waals surface area contributed by atoms with Crippen LogP contribution in [0.5, 0.6) is 0 Å². The van der Waals surface area contributed by atoms with Crippen molar-refractivity contribution in [2.24, 2.45) is 0 Å². The highest BCUT2D eigenvalue weighted by Gasteiger charge is 2.12. The molecule has 0 spiro atoms. The van der Waals surface area contributed by atoms with E-state index in [2.05, 4.69) is 29.3 Å². The summed E-state index contributed by atoms with van der Waals surface area (Å²) in [5.41, 5.74) is 1.61.